The van der Waals surface area contributed by atoms with Gasteiger partial charge in [-0.3, -0.25) is 0 Å². The molecule has 1 saturated heterocycles. The molecule has 0 radical (unpaired) electrons. The van der Waals surface area contributed by atoms with E-state index in [9.17, 15) is 0 Å². The van der Waals surface area contributed by atoms with Crippen LogP contribution in [0.4, 0.5) is 0 Å². The topological polar surface area (TPSA) is 43.4 Å². The van der Waals surface area contributed by atoms with Crippen molar-refractivity contribution in [3.8, 4) is 0 Å². The number of halogens is 2. The molecule has 0 aromatic rings. The number of carbonyl (C=O) groups is 1. The van der Waals surface area contributed by atoms with Gasteiger partial charge in [-0.2, -0.15) is 0 Å². The molecule has 0 N–H and O–H groups in total. The first-order valence-electron chi connectivity index (χ1n) is 4.80. The van der Waals surface area contributed by atoms with E-state index in [4.69, 9.17) is 14.3 Å². The normalized spacial score (nSPS) is 10.3. The molecule has 1 aliphatic rings. The third kappa shape index (κ3) is 86.9. The second-order valence-electron chi connectivity index (χ2n) is 1.97. The monoisotopic (exact) mass is 457 g/mol. The van der Waals surface area contributed by atoms with E-state index in [0.29, 0.717) is 0 Å². The highest BCUT2D eigenvalue weighted by atomic mass is 127. The van der Waals surface area contributed by atoms with Gasteiger partial charge in [-0.1, -0.05) is 52.1 Å². The van der Waals surface area contributed by atoms with Crippen molar-refractivity contribution < 1.29 is 15.8 Å². The van der Waals surface area contributed by atoms with E-state index in [1.165, 1.54) is 30.1 Å². The first-order chi connectivity index (χ1) is 7.74. The summed E-state index contributed by atoms with van der Waals surface area (Å²) in [6.45, 7) is 8.24. The summed E-state index contributed by atoms with van der Waals surface area (Å²) in [6, 6.07) is 0. The van der Waals surface area contributed by atoms with E-state index in [1.54, 1.807) is 0 Å². The minimum atomic E-state index is 0. The van der Waals surface area contributed by atoms with Crippen LogP contribution in [0.3, 0.4) is 0 Å². The number of hydrogen-bond acceptors (Lipinski definition) is 3. The fraction of sp³-hybridized carbons (Fsp3) is 0.727. The average molecular weight is 457 g/mol. The molecule has 0 saturated carbocycles. The SMILES string of the molecule is C1CCOC1.C=[11C]=O.CC=O.CCI.CI.[HH]. The zero-order valence-electron chi connectivity index (χ0n) is 10.3. The van der Waals surface area contributed by atoms with Crippen molar-refractivity contribution in [3.63, 3.8) is 0 Å². The lowest BCUT2D eigenvalue weighted by atomic mass is 10.4. The molecule has 0 amide bonds. The first-order valence-corrected chi connectivity index (χ1v) is 8.48. The van der Waals surface area contributed by atoms with Crippen molar-refractivity contribution in [2.45, 2.75) is 26.7 Å². The van der Waals surface area contributed by atoms with Crippen LogP contribution in [0.15, 0.2) is 6.58 Å². The maximum atomic E-state index is 8.81. The van der Waals surface area contributed by atoms with Gasteiger partial charge in [-0.15, -0.1) is 0 Å². The van der Waals surface area contributed by atoms with Crippen LogP contribution in [0.2, 0.25) is 0 Å². The van der Waals surface area contributed by atoms with Crippen LogP contribution in [0, 0.1) is 0 Å². The summed E-state index contributed by atoms with van der Waals surface area (Å²) in [4.78, 5) is 19.3. The molecule has 3 nitrogen and oxygen atoms in total. The molecule has 0 spiro atoms. The highest BCUT2D eigenvalue weighted by Crippen LogP contribution is 1.98. The van der Waals surface area contributed by atoms with Crippen molar-refractivity contribution in [1.29, 1.82) is 0 Å². The summed E-state index contributed by atoms with van der Waals surface area (Å²) in [5.74, 6) is 1.25. The standard InChI is InChI=1S/C4H8O.C2H5I.C2H4O.C2H2O.CH3I.H2/c1-2-4-5-3-1;3*1-2-3;1-2;/h1-4H2;2H2,1H3;2H,1H3;1H2;1H3;1H/i;;;2-1;;. The molecule has 0 bridgehead atoms. The van der Waals surface area contributed by atoms with Crippen LogP contribution in [-0.4, -0.2) is 34.8 Å². The van der Waals surface area contributed by atoms with E-state index < -0.39 is 0 Å². The molecule has 1 heterocycles. The van der Waals surface area contributed by atoms with Crippen LogP contribution in [0.5, 0.6) is 0 Å². The van der Waals surface area contributed by atoms with Crippen molar-refractivity contribution in [2.24, 2.45) is 0 Å². The zero-order chi connectivity index (χ0) is 13.7. The molecule has 0 aromatic carbocycles. The molecule has 0 unspecified atom stereocenters. The summed E-state index contributed by atoms with van der Waals surface area (Å²) in [5.41, 5.74) is 0. The Bertz CT molecular complexity index is 118. The number of alkyl halides is 2. The van der Waals surface area contributed by atoms with E-state index >= 15 is 0 Å². The predicted molar refractivity (Wildman–Crippen MR) is 89.7 cm³/mol. The third-order valence-corrected chi connectivity index (χ3v) is 0.827. The number of aldehydes is 1. The van der Waals surface area contributed by atoms with E-state index in [0.717, 1.165) is 19.5 Å². The van der Waals surface area contributed by atoms with E-state index in [1.807, 2.05) is 4.93 Å². The molecular weight excluding hydrogens is 433 g/mol. The summed E-state index contributed by atoms with van der Waals surface area (Å²) in [5, 5.41) is 0. The molecule has 0 aromatic heterocycles. The molecule has 16 heavy (non-hydrogen) atoms. The summed E-state index contributed by atoms with van der Waals surface area (Å²) in [6.07, 6.45) is 3.31. The Morgan fingerprint density at radius 3 is 1.69 bits per heavy atom. The average Bonchev–Trinajstić information content (AvgIpc) is 2.81. The highest BCUT2D eigenvalue weighted by Gasteiger charge is 1.94. The van der Waals surface area contributed by atoms with Crippen LogP contribution in [0.1, 0.15) is 28.1 Å². The summed E-state index contributed by atoms with van der Waals surface area (Å²) in [7, 11) is 0. The van der Waals surface area contributed by atoms with Crippen LogP contribution < -0.4 is 0 Å². The number of rotatable bonds is 0. The van der Waals surface area contributed by atoms with Crippen LogP contribution in [-0.2, 0) is 14.3 Å². The van der Waals surface area contributed by atoms with Crippen LogP contribution in [0.25, 0.3) is 0 Å². The Hall–Kier alpha value is 0.540. The second kappa shape index (κ2) is 45.0. The van der Waals surface area contributed by atoms with Gasteiger partial charge in [0.15, 0.2) is 0 Å². The van der Waals surface area contributed by atoms with E-state index in [2.05, 4.69) is 58.7 Å². The number of carbonyl (C=O) groups excluding carboxylic acids is 2. The van der Waals surface area contributed by atoms with Crippen molar-refractivity contribution in [2.75, 3.05) is 22.6 Å². The van der Waals surface area contributed by atoms with Crippen molar-refractivity contribution in [1.82, 2.24) is 0 Å². The van der Waals surface area contributed by atoms with Crippen LogP contribution >= 0.6 is 45.2 Å². The summed E-state index contributed by atoms with van der Waals surface area (Å²) < 4.78 is 6.16. The molecule has 1 aliphatic heterocycles. The fourth-order valence-corrected chi connectivity index (χ4v) is 0.510. The lowest BCUT2D eigenvalue weighted by molar-refractivity contribution is -0.106. The van der Waals surface area contributed by atoms with Gasteiger partial charge in [-0.25, -0.2) is 4.79 Å². The van der Waals surface area contributed by atoms with Gasteiger partial charge in [0.2, 0.25) is 0 Å². The van der Waals surface area contributed by atoms with Gasteiger partial charge < -0.3 is 9.53 Å². The maximum Gasteiger partial charge on any atom is 0.116 e. The molecular formula is C11H24I2O3. The first kappa shape index (κ1) is 25.4. The maximum absolute atomic E-state index is 8.81. The molecule has 1 rings (SSSR count). The van der Waals surface area contributed by atoms with Gasteiger partial charge in [0, 0.05) is 14.6 Å². The molecule has 5 heteroatoms. The Kier molecular flexibility index (Phi) is 71.5. The molecule has 0 aliphatic carbocycles. The lowest BCUT2D eigenvalue weighted by Crippen LogP contribution is -1.74. The van der Waals surface area contributed by atoms with Gasteiger partial charge >= 0.3 is 0 Å². The van der Waals surface area contributed by atoms with E-state index in [-0.39, 0.29) is 1.43 Å². The van der Waals surface area contributed by atoms with Crippen molar-refractivity contribution >= 4 is 57.4 Å². The third-order valence-electron chi connectivity index (χ3n) is 0.827. The fourth-order valence-electron chi connectivity index (χ4n) is 0.510. The Balaban J connectivity index is -0.0000000365. The lowest BCUT2D eigenvalue weighted by Gasteiger charge is -1.76. The Morgan fingerprint density at radius 1 is 1.44 bits per heavy atom. The Labute approximate surface area is 128 Å². The van der Waals surface area contributed by atoms with Gasteiger partial charge in [0.25, 0.3) is 0 Å². The predicted octanol–water partition coefficient (Wildman–Crippen LogP) is 3.74. The minimum absolute atomic E-state index is 0. The largest absolute Gasteiger partial charge is 0.381 e. The number of ether oxygens (including phenoxy) is 1. The van der Waals surface area contributed by atoms with Gasteiger partial charge in [0.05, 0.1) is 0 Å². The second-order valence-corrected chi connectivity index (χ2v) is 3.49. The molecule has 1 fully saturated rings. The zero-order valence-corrected chi connectivity index (χ0v) is 14.6. The van der Waals surface area contributed by atoms with Crippen molar-refractivity contribution in [3.05, 3.63) is 6.58 Å². The molecule has 100 valence electrons. The molecule has 0 atom stereocenters. The van der Waals surface area contributed by atoms with Gasteiger partial charge in [0.1, 0.15) is 12.2 Å². The highest BCUT2D eigenvalue weighted by molar-refractivity contribution is 14.1. The Morgan fingerprint density at radius 2 is 1.62 bits per heavy atom. The van der Waals surface area contributed by atoms with Gasteiger partial charge in [-0.05, 0) is 35.7 Å². The smallest absolute Gasteiger partial charge is 0.116 e. The summed E-state index contributed by atoms with van der Waals surface area (Å²) >= 11 is 4.44. The quantitative estimate of drug-likeness (QED) is 0.241. The minimum Gasteiger partial charge on any atom is -0.381 e. The number of hydrogen-bond donors (Lipinski definition) is 0.